The molecule has 0 unspecified atom stereocenters. The Morgan fingerprint density at radius 3 is 2.75 bits per heavy atom. The molecule has 1 aromatic carbocycles. The normalized spacial score (nSPS) is 26.0. The van der Waals surface area contributed by atoms with Crippen molar-refractivity contribution in [2.75, 3.05) is 50.8 Å². The minimum atomic E-state index is -0.867. The molecular formula is C18H24N4O2. The van der Waals surface area contributed by atoms with Crippen LogP contribution in [0.1, 0.15) is 12.8 Å². The highest BCUT2D eigenvalue weighted by Crippen LogP contribution is 2.22. The summed E-state index contributed by atoms with van der Waals surface area (Å²) in [6, 6.07) is 7.86. The Labute approximate surface area is 142 Å². The number of aliphatic hydroxyl groups is 1. The molecule has 0 spiro atoms. The lowest BCUT2D eigenvalue weighted by Crippen LogP contribution is -2.52. The molecule has 2 fully saturated rings. The van der Waals surface area contributed by atoms with Gasteiger partial charge in [-0.3, -0.25) is 4.98 Å². The number of β-amino-alcohol motifs (C(OH)–C–C–N with tert-alkyl or cyclic N) is 1. The Balaban J connectivity index is 1.56. The van der Waals surface area contributed by atoms with Crippen LogP contribution in [0.5, 0.6) is 0 Å². The highest BCUT2D eigenvalue weighted by molar-refractivity contribution is 5.75. The SMILES string of the molecule is O[C@@]1(CN2CCCC2)COCCN(c2cnc3ccccc3n2)C1. The van der Waals surface area contributed by atoms with Crippen molar-refractivity contribution in [3.05, 3.63) is 30.5 Å². The fraction of sp³-hybridized carbons (Fsp3) is 0.556. The molecule has 0 aliphatic carbocycles. The number of benzene rings is 1. The van der Waals surface area contributed by atoms with Crippen LogP contribution in [0, 0.1) is 0 Å². The molecule has 1 atom stereocenters. The lowest BCUT2D eigenvalue weighted by molar-refractivity contribution is -0.0439. The number of fused-ring (bicyclic) bond motifs is 1. The van der Waals surface area contributed by atoms with Gasteiger partial charge in [-0.25, -0.2) is 4.98 Å². The van der Waals surface area contributed by atoms with Gasteiger partial charge in [0.05, 0.1) is 37.0 Å². The number of anilines is 1. The molecule has 0 amide bonds. The van der Waals surface area contributed by atoms with E-state index in [1.807, 2.05) is 24.3 Å². The Morgan fingerprint density at radius 1 is 1.12 bits per heavy atom. The third kappa shape index (κ3) is 3.36. The third-order valence-electron chi connectivity index (χ3n) is 4.84. The first-order valence-electron chi connectivity index (χ1n) is 8.71. The van der Waals surface area contributed by atoms with Gasteiger partial charge in [0.15, 0.2) is 0 Å². The van der Waals surface area contributed by atoms with Gasteiger partial charge in [-0.2, -0.15) is 0 Å². The predicted molar refractivity (Wildman–Crippen MR) is 93.2 cm³/mol. The van der Waals surface area contributed by atoms with Crippen LogP contribution in [-0.2, 0) is 4.74 Å². The van der Waals surface area contributed by atoms with E-state index in [1.54, 1.807) is 6.20 Å². The van der Waals surface area contributed by atoms with E-state index in [9.17, 15) is 5.11 Å². The number of hydrogen-bond donors (Lipinski definition) is 1. The second-order valence-electron chi connectivity index (χ2n) is 6.90. The predicted octanol–water partition coefficient (Wildman–Crippen LogP) is 1.29. The van der Waals surface area contributed by atoms with Crippen LogP contribution in [0.4, 0.5) is 5.82 Å². The van der Waals surface area contributed by atoms with Crippen molar-refractivity contribution in [3.8, 4) is 0 Å². The summed E-state index contributed by atoms with van der Waals surface area (Å²) in [5, 5.41) is 11.1. The number of hydrogen-bond acceptors (Lipinski definition) is 6. The lowest BCUT2D eigenvalue weighted by Gasteiger charge is -2.34. The number of ether oxygens (including phenoxy) is 1. The third-order valence-corrected chi connectivity index (χ3v) is 4.84. The highest BCUT2D eigenvalue weighted by Gasteiger charge is 2.35. The van der Waals surface area contributed by atoms with Crippen LogP contribution in [0.3, 0.4) is 0 Å². The molecule has 2 aliphatic rings. The van der Waals surface area contributed by atoms with Gasteiger partial charge in [0.2, 0.25) is 0 Å². The van der Waals surface area contributed by atoms with Crippen LogP contribution in [0.25, 0.3) is 11.0 Å². The van der Waals surface area contributed by atoms with E-state index < -0.39 is 5.60 Å². The molecule has 2 saturated heterocycles. The minimum Gasteiger partial charge on any atom is -0.384 e. The van der Waals surface area contributed by atoms with E-state index in [4.69, 9.17) is 9.72 Å². The maximum Gasteiger partial charge on any atom is 0.148 e. The Hall–Kier alpha value is -1.76. The van der Waals surface area contributed by atoms with Crippen molar-refractivity contribution in [1.29, 1.82) is 0 Å². The topological polar surface area (TPSA) is 61.7 Å². The van der Waals surface area contributed by atoms with Crippen molar-refractivity contribution in [1.82, 2.24) is 14.9 Å². The zero-order valence-electron chi connectivity index (χ0n) is 13.9. The molecule has 128 valence electrons. The summed E-state index contributed by atoms with van der Waals surface area (Å²) in [6.07, 6.45) is 4.23. The van der Waals surface area contributed by atoms with Crippen LogP contribution >= 0.6 is 0 Å². The first-order valence-corrected chi connectivity index (χ1v) is 8.71. The quantitative estimate of drug-likeness (QED) is 0.916. The number of aromatic nitrogens is 2. The smallest absolute Gasteiger partial charge is 0.148 e. The fourth-order valence-electron chi connectivity index (χ4n) is 3.66. The van der Waals surface area contributed by atoms with Crippen LogP contribution in [0.15, 0.2) is 30.5 Å². The second-order valence-corrected chi connectivity index (χ2v) is 6.90. The van der Waals surface area contributed by atoms with Crippen LogP contribution in [0.2, 0.25) is 0 Å². The molecule has 6 nitrogen and oxygen atoms in total. The van der Waals surface area contributed by atoms with E-state index in [0.717, 1.165) is 36.5 Å². The van der Waals surface area contributed by atoms with E-state index in [1.165, 1.54) is 12.8 Å². The summed E-state index contributed by atoms with van der Waals surface area (Å²) in [6.45, 7) is 5.00. The summed E-state index contributed by atoms with van der Waals surface area (Å²) >= 11 is 0. The fourth-order valence-corrected chi connectivity index (χ4v) is 3.66. The Morgan fingerprint density at radius 2 is 1.92 bits per heavy atom. The summed E-state index contributed by atoms with van der Waals surface area (Å²) < 4.78 is 5.69. The molecule has 3 heterocycles. The average Bonchev–Trinajstić information content (AvgIpc) is 3.02. The molecule has 1 N–H and O–H groups in total. The summed E-state index contributed by atoms with van der Waals surface area (Å²) in [7, 11) is 0. The van der Waals surface area contributed by atoms with Crippen molar-refractivity contribution < 1.29 is 9.84 Å². The van der Waals surface area contributed by atoms with E-state index in [2.05, 4.69) is 14.8 Å². The van der Waals surface area contributed by atoms with E-state index in [-0.39, 0.29) is 0 Å². The first-order chi connectivity index (χ1) is 11.7. The molecular weight excluding hydrogens is 304 g/mol. The van der Waals surface area contributed by atoms with E-state index in [0.29, 0.717) is 26.3 Å². The van der Waals surface area contributed by atoms with Crippen LogP contribution in [-0.4, -0.2) is 71.5 Å². The molecule has 1 aromatic heterocycles. The van der Waals surface area contributed by atoms with Gasteiger partial charge in [-0.15, -0.1) is 0 Å². The van der Waals surface area contributed by atoms with Crippen molar-refractivity contribution in [3.63, 3.8) is 0 Å². The summed E-state index contributed by atoms with van der Waals surface area (Å²) in [5.41, 5.74) is 0.900. The maximum atomic E-state index is 11.1. The van der Waals surface area contributed by atoms with Gasteiger partial charge in [0, 0.05) is 13.1 Å². The van der Waals surface area contributed by atoms with Gasteiger partial charge < -0.3 is 19.6 Å². The van der Waals surface area contributed by atoms with Gasteiger partial charge in [-0.1, -0.05) is 12.1 Å². The highest BCUT2D eigenvalue weighted by atomic mass is 16.5. The monoisotopic (exact) mass is 328 g/mol. The van der Waals surface area contributed by atoms with Crippen molar-refractivity contribution >= 4 is 16.9 Å². The molecule has 6 heteroatoms. The molecule has 2 aromatic rings. The summed E-state index contributed by atoms with van der Waals surface area (Å²) in [5.74, 6) is 0.805. The number of nitrogens with zero attached hydrogens (tertiary/aromatic N) is 4. The number of rotatable bonds is 3. The molecule has 0 saturated carbocycles. The minimum absolute atomic E-state index is 0.376. The van der Waals surface area contributed by atoms with Gasteiger partial charge in [0.25, 0.3) is 0 Å². The average molecular weight is 328 g/mol. The lowest BCUT2D eigenvalue weighted by atomic mass is 10.0. The zero-order chi connectivity index (χ0) is 16.4. The zero-order valence-corrected chi connectivity index (χ0v) is 13.9. The molecule has 0 radical (unpaired) electrons. The first kappa shape index (κ1) is 15.7. The Kier molecular flexibility index (Phi) is 4.35. The molecule has 2 aliphatic heterocycles. The largest absolute Gasteiger partial charge is 0.384 e. The number of para-hydroxylation sites is 2. The summed E-state index contributed by atoms with van der Waals surface area (Å²) in [4.78, 5) is 13.7. The maximum absolute atomic E-state index is 11.1. The van der Waals surface area contributed by atoms with Crippen LogP contribution < -0.4 is 4.90 Å². The standard InChI is InChI=1S/C18H24N4O2/c23-18(12-21-7-3-4-8-21)13-22(9-10-24-14-18)17-11-19-15-5-1-2-6-16(15)20-17/h1-2,5-6,11,23H,3-4,7-10,12-14H2/t18-/m1/s1. The van der Waals surface area contributed by atoms with Gasteiger partial charge >= 0.3 is 0 Å². The molecule has 0 bridgehead atoms. The van der Waals surface area contributed by atoms with E-state index >= 15 is 0 Å². The van der Waals surface area contributed by atoms with Gasteiger partial charge in [0.1, 0.15) is 11.4 Å². The van der Waals surface area contributed by atoms with Crippen molar-refractivity contribution in [2.45, 2.75) is 18.4 Å². The van der Waals surface area contributed by atoms with Crippen molar-refractivity contribution in [2.24, 2.45) is 0 Å². The Bertz CT molecular complexity index is 704. The number of likely N-dealkylation sites (tertiary alicyclic amines) is 1. The second kappa shape index (κ2) is 6.63. The van der Waals surface area contributed by atoms with Gasteiger partial charge in [-0.05, 0) is 38.1 Å². The molecule has 4 rings (SSSR count). The molecule has 24 heavy (non-hydrogen) atoms.